The van der Waals surface area contributed by atoms with Gasteiger partial charge in [0.2, 0.25) is 15.8 Å². The van der Waals surface area contributed by atoms with E-state index in [-0.39, 0.29) is 42.7 Å². The molecule has 29 heavy (non-hydrogen) atoms. The fraction of sp³-hybridized carbons (Fsp3) is 0.294. The Bertz CT molecular complexity index is 1020. The molecular weight excluding hydrogens is 417 g/mol. The van der Waals surface area contributed by atoms with E-state index >= 15 is 0 Å². The van der Waals surface area contributed by atoms with Crippen LogP contribution in [-0.4, -0.2) is 43.9 Å². The molecule has 1 fully saturated rings. The quantitative estimate of drug-likeness (QED) is 0.530. The molecule has 0 spiro atoms. The molecule has 12 heteroatoms. The van der Waals surface area contributed by atoms with Crippen LogP contribution < -0.4 is 4.74 Å². The molecule has 0 atom stereocenters. The van der Waals surface area contributed by atoms with Crippen molar-refractivity contribution in [3.8, 4) is 11.5 Å². The normalized spacial score (nSPS) is 15.8. The monoisotopic (exact) mass is 432 g/mol. The summed E-state index contributed by atoms with van der Waals surface area (Å²) >= 11 is 0. The van der Waals surface area contributed by atoms with Gasteiger partial charge in [0.15, 0.2) is 0 Å². The number of nitro benzene ring substituents is 1. The molecule has 0 saturated carbocycles. The van der Waals surface area contributed by atoms with E-state index in [9.17, 15) is 31.7 Å². The Morgan fingerprint density at radius 3 is 2.41 bits per heavy atom. The highest BCUT2D eigenvalue weighted by Crippen LogP contribution is 2.36. The van der Waals surface area contributed by atoms with Crippen molar-refractivity contribution in [3.05, 3.63) is 58.1 Å². The van der Waals surface area contributed by atoms with E-state index in [1.54, 1.807) is 0 Å². The zero-order valence-corrected chi connectivity index (χ0v) is 15.6. The predicted molar refractivity (Wildman–Crippen MR) is 94.2 cm³/mol. The summed E-state index contributed by atoms with van der Waals surface area (Å²) < 4.78 is 75.3. The minimum absolute atomic E-state index is 0.110. The van der Waals surface area contributed by atoms with Crippen LogP contribution >= 0.6 is 0 Å². The van der Waals surface area contributed by atoms with Gasteiger partial charge in [-0.15, -0.1) is 0 Å². The summed E-state index contributed by atoms with van der Waals surface area (Å²) in [7, 11) is -3.99. The maximum absolute atomic E-state index is 12.8. The van der Waals surface area contributed by atoms with Gasteiger partial charge in [0, 0.05) is 19.2 Å². The number of ether oxygens (including phenoxy) is 2. The third kappa shape index (κ3) is 4.66. The van der Waals surface area contributed by atoms with Crippen LogP contribution in [0.2, 0.25) is 0 Å². The standard InChI is InChI=1S/C17H15F3N2O6S/c18-17(19,20)12-2-1-3-13(10-12)28-16-5-4-14(11-15(16)22(23)24)29(25,26)21-6-8-27-9-7-21/h1-5,10-11H,6-9H2. The van der Waals surface area contributed by atoms with Crippen molar-refractivity contribution in [2.45, 2.75) is 11.1 Å². The largest absolute Gasteiger partial charge is 0.450 e. The molecule has 3 rings (SSSR count). The Morgan fingerprint density at radius 1 is 1.10 bits per heavy atom. The van der Waals surface area contributed by atoms with E-state index in [0.717, 1.165) is 34.6 Å². The molecule has 0 N–H and O–H groups in total. The number of benzene rings is 2. The van der Waals surface area contributed by atoms with Gasteiger partial charge in [-0.1, -0.05) is 6.07 Å². The van der Waals surface area contributed by atoms with E-state index in [4.69, 9.17) is 9.47 Å². The molecule has 0 aromatic heterocycles. The van der Waals surface area contributed by atoms with E-state index in [1.165, 1.54) is 6.07 Å². The Morgan fingerprint density at radius 2 is 1.79 bits per heavy atom. The van der Waals surface area contributed by atoms with Crippen LogP contribution in [0.25, 0.3) is 0 Å². The molecule has 1 saturated heterocycles. The smallest absolute Gasteiger partial charge is 0.416 e. The summed E-state index contributed by atoms with van der Waals surface area (Å²) in [5, 5.41) is 11.4. The highest BCUT2D eigenvalue weighted by Gasteiger charge is 2.32. The van der Waals surface area contributed by atoms with Gasteiger partial charge in [-0.2, -0.15) is 17.5 Å². The molecule has 1 aliphatic rings. The summed E-state index contributed by atoms with van der Waals surface area (Å²) in [4.78, 5) is 10.2. The molecule has 0 bridgehead atoms. The molecule has 1 heterocycles. The highest BCUT2D eigenvalue weighted by molar-refractivity contribution is 7.89. The summed E-state index contributed by atoms with van der Waals surface area (Å²) in [6.45, 7) is 0.632. The number of rotatable bonds is 5. The number of morpholine rings is 1. The zero-order valence-electron chi connectivity index (χ0n) is 14.8. The summed E-state index contributed by atoms with van der Waals surface area (Å²) in [5.74, 6) is -0.651. The van der Waals surface area contributed by atoms with E-state index in [0.29, 0.717) is 6.07 Å². The fourth-order valence-electron chi connectivity index (χ4n) is 2.69. The van der Waals surface area contributed by atoms with Crippen molar-refractivity contribution < 1.29 is 36.0 Å². The molecular formula is C17H15F3N2O6S. The van der Waals surface area contributed by atoms with Crippen LogP contribution in [0, 0.1) is 10.1 Å². The van der Waals surface area contributed by atoms with Crippen molar-refractivity contribution in [1.82, 2.24) is 4.31 Å². The number of alkyl halides is 3. The minimum atomic E-state index is -4.61. The molecule has 2 aromatic rings. The van der Waals surface area contributed by atoms with E-state index < -0.39 is 32.4 Å². The van der Waals surface area contributed by atoms with Gasteiger partial charge in [-0.05, 0) is 30.3 Å². The second-order valence-corrected chi connectivity index (χ2v) is 7.97. The lowest BCUT2D eigenvalue weighted by Gasteiger charge is -2.26. The van der Waals surface area contributed by atoms with Gasteiger partial charge >= 0.3 is 11.9 Å². The van der Waals surface area contributed by atoms with Crippen molar-refractivity contribution in [2.24, 2.45) is 0 Å². The van der Waals surface area contributed by atoms with Crippen LogP contribution in [0.15, 0.2) is 47.4 Å². The van der Waals surface area contributed by atoms with Crippen LogP contribution in [0.3, 0.4) is 0 Å². The first kappa shape index (κ1) is 21.0. The first-order valence-corrected chi connectivity index (χ1v) is 9.74. The molecule has 1 aliphatic heterocycles. The second-order valence-electron chi connectivity index (χ2n) is 6.03. The van der Waals surface area contributed by atoms with E-state index in [1.807, 2.05) is 0 Å². The third-order valence-corrected chi connectivity index (χ3v) is 6.02. The van der Waals surface area contributed by atoms with Gasteiger partial charge in [-0.25, -0.2) is 8.42 Å². The SMILES string of the molecule is O=[N+]([O-])c1cc(S(=O)(=O)N2CCOCC2)ccc1Oc1cccc(C(F)(F)F)c1. The Labute approximate surface area is 163 Å². The Kier molecular flexibility index (Phi) is 5.78. The molecule has 0 amide bonds. The lowest BCUT2D eigenvalue weighted by Crippen LogP contribution is -2.40. The van der Waals surface area contributed by atoms with Crippen molar-refractivity contribution in [1.29, 1.82) is 0 Å². The molecule has 156 valence electrons. The lowest BCUT2D eigenvalue weighted by atomic mass is 10.2. The first-order valence-electron chi connectivity index (χ1n) is 8.30. The molecule has 8 nitrogen and oxygen atoms in total. The van der Waals surface area contributed by atoms with Crippen molar-refractivity contribution >= 4 is 15.7 Å². The summed E-state index contributed by atoms with van der Waals surface area (Å²) in [6, 6.07) is 6.82. The predicted octanol–water partition coefficient (Wildman–Crippen LogP) is 3.43. The molecule has 0 radical (unpaired) electrons. The highest BCUT2D eigenvalue weighted by atomic mass is 32.2. The first-order chi connectivity index (χ1) is 13.6. The molecule has 2 aromatic carbocycles. The van der Waals surface area contributed by atoms with Crippen LogP contribution in [0.5, 0.6) is 11.5 Å². The fourth-order valence-corrected chi connectivity index (χ4v) is 4.11. The van der Waals surface area contributed by atoms with Gasteiger partial charge in [-0.3, -0.25) is 10.1 Å². The van der Waals surface area contributed by atoms with Crippen LogP contribution in [0.4, 0.5) is 18.9 Å². The number of hydrogen-bond donors (Lipinski definition) is 0. The Balaban J connectivity index is 1.94. The maximum atomic E-state index is 12.8. The maximum Gasteiger partial charge on any atom is 0.416 e. The van der Waals surface area contributed by atoms with Crippen molar-refractivity contribution in [2.75, 3.05) is 26.3 Å². The summed E-state index contributed by atoms with van der Waals surface area (Å²) in [5.41, 5.74) is -1.67. The lowest BCUT2D eigenvalue weighted by molar-refractivity contribution is -0.385. The van der Waals surface area contributed by atoms with Crippen LogP contribution in [0.1, 0.15) is 5.56 Å². The van der Waals surface area contributed by atoms with E-state index in [2.05, 4.69) is 0 Å². The number of nitrogens with zero attached hydrogens (tertiary/aromatic N) is 2. The average Bonchev–Trinajstić information content (AvgIpc) is 2.68. The topological polar surface area (TPSA) is 99.0 Å². The zero-order chi connectivity index (χ0) is 21.2. The van der Waals surface area contributed by atoms with Crippen LogP contribution in [-0.2, 0) is 20.9 Å². The number of nitro groups is 1. The number of sulfonamides is 1. The van der Waals surface area contributed by atoms with Gasteiger partial charge < -0.3 is 9.47 Å². The van der Waals surface area contributed by atoms with Crippen molar-refractivity contribution in [3.63, 3.8) is 0 Å². The summed E-state index contributed by atoms with van der Waals surface area (Å²) in [6.07, 6.45) is -4.61. The van der Waals surface area contributed by atoms with Gasteiger partial charge in [0.1, 0.15) is 5.75 Å². The second kappa shape index (κ2) is 7.97. The minimum Gasteiger partial charge on any atom is -0.450 e. The average molecular weight is 432 g/mol. The number of hydrogen-bond acceptors (Lipinski definition) is 6. The Hall–Kier alpha value is -2.70. The number of halogens is 3. The molecule has 0 unspecified atom stereocenters. The van der Waals surface area contributed by atoms with Gasteiger partial charge in [0.05, 0.1) is 28.6 Å². The van der Waals surface area contributed by atoms with Gasteiger partial charge in [0.25, 0.3) is 0 Å². The third-order valence-electron chi connectivity index (χ3n) is 4.12. The molecule has 0 aliphatic carbocycles.